The molecule has 0 bridgehead atoms. The molecule has 0 radical (unpaired) electrons. The zero-order valence-corrected chi connectivity index (χ0v) is 12.4. The highest BCUT2D eigenvalue weighted by atomic mass is 19.1. The third kappa shape index (κ3) is 3.78. The minimum atomic E-state index is -0.270. The summed E-state index contributed by atoms with van der Waals surface area (Å²) in [6, 6.07) is 10.5. The number of hydrogen-bond donors (Lipinski definition) is 1. The van der Waals surface area contributed by atoms with Gasteiger partial charge in [0.05, 0.1) is 0 Å². The maximum atomic E-state index is 13.4. The second-order valence-corrected chi connectivity index (χ2v) is 5.10. The van der Waals surface area contributed by atoms with E-state index >= 15 is 0 Å². The number of hydrogen-bond acceptors (Lipinski definition) is 2. The summed E-state index contributed by atoms with van der Waals surface area (Å²) in [7, 11) is 0. The number of halogens is 1. The summed E-state index contributed by atoms with van der Waals surface area (Å²) in [4.78, 5) is 12.0. The van der Waals surface area contributed by atoms with E-state index in [2.05, 4.69) is 5.32 Å². The molecule has 0 amide bonds. The van der Waals surface area contributed by atoms with E-state index in [1.54, 1.807) is 25.1 Å². The molecule has 2 rings (SSSR count). The average molecular weight is 283 g/mol. The van der Waals surface area contributed by atoms with Crippen LogP contribution in [0.4, 0.5) is 10.1 Å². The van der Waals surface area contributed by atoms with Crippen molar-refractivity contribution < 1.29 is 9.18 Å². The van der Waals surface area contributed by atoms with Crippen molar-refractivity contribution in [2.45, 2.75) is 20.8 Å². The van der Waals surface area contributed by atoms with Crippen LogP contribution in [0.5, 0.6) is 0 Å². The summed E-state index contributed by atoms with van der Waals surface area (Å²) < 4.78 is 13.4. The number of rotatable bonds is 4. The fourth-order valence-corrected chi connectivity index (χ4v) is 1.89. The third-order valence-electron chi connectivity index (χ3n) is 3.45. The van der Waals surface area contributed by atoms with Gasteiger partial charge in [0.1, 0.15) is 5.82 Å². The second-order valence-electron chi connectivity index (χ2n) is 5.10. The highest BCUT2D eigenvalue weighted by molar-refractivity contribution is 6.04. The molecule has 2 aromatic carbocycles. The van der Waals surface area contributed by atoms with Crippen LogP contribution >= 0.6 is 0 Å². The first-order valence-electron chi connectivity index (χ1n) is 6.78. The zero-order valence-electron chi connectivity index (χ0n) is 12.4. The van der Waals surface area contributed by atoms with Gasteiger partial charge in [-0.15, -0.1) is 0 Å². The highest BCUT2D eigenvalue weighted by Crippen LogP contribution is 2.14. The summed E-state index contributed by atoms with van der Waals surface area (Å²) in [5, 5.41) is 2.90. The van der Waals surface area contributed by atoms with Gasteiger partial charge in [0.15, 0.2) is 5.78 Å². The van der Waals surface area contributed by atoms with Gasteiger partial charge in [-0.1, -0.05) is 18.2 Å². The van der Waals surface area contributed by atoms with Crippen LogP contribution in [-0.4, -0.2) is 5.78 Å². The topological polar surface area (TPSA) is 29.1 Å². The number of carbonyl (C=O) groups excluding carboxylic acids is 1. The fourth-order valence-electron chi connectivity index (χ4n) is 1.89. The molecule has 0 unspecified atom stereocenters. The molecule has 0 heterocycles. The third-order valence-corrected chi connectivity index (χ3v) is 3.45. The van der Waals surface area contributed by atoms with Crippen LogP contribution in [0.15, 0.2) is 48.7 Å². The molecule has 0 aliphatic heterocycles. The molecule has 0 aromatic heterocycles. The van der Waals surface area contributed by atoms with E-state index in [9.17, 15) is 9.18 Å². The summed E-state index contributed by atoms with van der Waals surface area (Å²) in [6.07, 6.45) is 2.98. The van der Waals surface area contributed by atoms with Gasteiger partial charge in [-0.2, -0.15) is 0 Å². The van der Waals surface area contributed by atoms with Gasteiger partial charge in [-0.3, -0.25) is 4.79 Å². The average Bonchev–Trinajstić information content (AvgIpc) is 2.45. The van der Waals surface area contributed by atoms with Crippen molar-refractivity contribution >= 4 is 11.5 Å². The monoisotopic (exact) mass is 283 g/mol. The van der Waals surface area contributed by atoms with Gasteiger partial charge < -0.3 is 5.32 Å². The number of nitrogens with one attached hydrogen (secondary N) is 1. The van der Waals surface area contributed by atoms with Gasteiger partial charge in [0, 0.05) is 23.5 Å². The molecule has 1 N–H and O–H groups in total. The molecule has 2 aromatic rings. The molecule has 3 heteroatoms. The van der Waals surface area contributed by atoms with Gasteiger partial charge in [-0.25, -0.2) is 4.39 Å². The summed E-state index contributed by atoms with van der Waals surface area (Å²) in [6.45, 7) is 5.69. The van der Waals surface area contributed by atoms with E-state index in [0.717, 1.165) is 11.1 Å². The molecule has 0 atom stereocenters. The van der Waals surface area contributed by atoms with E-state index in [4.69, 9.17) is 0 Å². The summed E-state index contributed by atoms with van der Waals surface area (Å²) >= 11 is 0. The predicted octanol–water partition coefficient (Wildman–Crippen LogP) is 4.56. The quantitative estimate of drug-likeness (QED) is 0.658. The van der Waals surface area contributed by atoms with Crippen molar-refractivity contribution in [3.63, 3.8) is 0 Å². The Morgan fingerprint density at radius 1 is 1.00 bits per heavy atom. The Morgan fingerprint density at radius 2 is 1.71 bits per heavy atom. The van der Waals surface area contributed by atoms with Gasteiger partial charge >= 0.3 is 0 Å². The maximum absolute atomic E-state index is 13.4. The van der Waals surface area contributed by atoms with Gasteiger partial charge in [0.25, 0.3) is 0 Å². The van der Waals surface area contributed by atoms with Crippen molar-refractivity contribution in [3.8, 4) is 0 Å². The number of carbonyl (C=O) groups is 1. The van der Waals surface area contributed by atoms with Crippen LogP contribution in [0.25, 0.3) is 0 Å². The smallest absolute Gasteiger partial charge is 0.187 e. The summed E-state index contributed by atoms with van der Waals surface area (Å²) in [5.41, 5.74) is 4.09. The Hall–Kier alpha value is -2.42. The van der Waals surface area contributed by atoms with Crippen molar-refractivity contribution in [2.75, 3.05) is 5.32 Å². The number of aryl methyl sites for hydroxylation is 3. The molecule has 0 fully saturated rings. The molecule has 0 aliphatic carbocycles. The van der Waals surface area contributed by atoms with E-state index in [0.29, 0.717) is 16.8 Å². The molecule has 108 valence electrons. The van der Waals surface area contributed by atoms with Gasteiger partial charge in [0.2, 0.25) is 0 Å². The maximum Gasteiger partial charge on any atom is 0.187 e. The van der Waals surface area contributed by atoms with Crippen molar-refractivity contribution in [1.29, 1.82) is 0 Å². The number of ketones is 1. The lowest BCUT2D eigenvalue weighted by molar-refractivity contribution is 0.104. The second kappa shape index (κ2) is 6.35. The van der Waals surface area contributed by atoms with Crippen LogP contribution in [0.2, 0.25) is 0 Å². The van der Waals surface area contributed by atoms with Crippen LogP contribution < -0.4 is 5.32 Å². The number of benzene rings is 2. The lowest BCUT2D eigenvalue weighted by Crippen LogP contribution is -1.98. The first-order chi connectivity index (χ1) is 9.97. The Kier molecular flexibility index (Phi) is 4.53. The minimum Gasteiger partial charge on any atom is -0.361 e. The summed E-state index contributed by atoms with van der Waals surface area (Å²) in [5.74, 6) is -0.355. The molecule has 0 aliphatic rings. The lowest BCUT2D eigenvalue weighted by Gasteiger charge is -2.03. The molecular formula is C18H18FNO. The number of allylic oxidation sites excluding steroid dienone is 1. The van der Waals surface area contributed by atoms with E-state index in [1.807, 2.05) is 26.0 Å². The van der Waals surface area contributed by atoms with Crippen LogP contribution in [-0.2, 0) is 0 Å². The Labute approximate surface area is 124 Å². The molecule has 21 heavy (non-hydrogen) atoms. The van der Waals surface area contributed by atoms with Gasteiger partial charge in [-0.05, 0) is 55.7 Å². The first kappa shape index (κ1) is 15.0. The Balaban J connectivity index is 2.04. The van der Waals surface area contributed by atoms with Crippen molar-refractivity contribution in [1.82, 2.24) is 0 Å². The Morgan fingerprint density at radius 3 is 2.38 bits per heavy atom. The lowest BCUT2D eigenvalue weighted by atomic mass is 10.0. The zero-order chi connectivity index (χ0) is 15.4. The normalized spacial score (nSPS) is 10.9. The van der Waals surface area contributed by atoms with Crippen molar-refractivity contribution in [3.05, 3.63) is 76.7 Å². The highest BCUT2D eigenvalue weighted by Gasteiger charge is 2.03. The minimum absolute atomic E-state index is 0.0850. The largest absolute Gasteiger partial charge is 0.361 e. The van der Waals surface area contributed by atoms with E-state index < -0.39 is 0 Å². The fraction of sp³-hybridized carbons (Fsp3) is 0.167. The molecule has 2 nitrogen and oxygen atoms in total. The number of anilines is 1. The predicted molar refractivity (Wildman–Crippen MR) is 84.1 cm³/mol. The molecule has 0 spiro atoms. The van der Waals surface area contributed by atoms with Crippen LogP contribution in [0, 0.1) is 26.6 Å². The van der Waals surface area contributed by atoms with E-state index in [-0.39, 0.29) is 11.6 Å². The van der Waals surface area contributed by atoms with Crippen LogP contribution in [0.3, 0.4) is 0 Å². The van der Waals surface area contributed by atoms with Crippen molar-refractivity contribution in [2.24, 2.45) is 0 Å². The SMILES string of the molecule is Cc1ccc(C(=O)/C=C/Nc2ccc(C)c(F)c2)cc1C. The van der Waals surface area contributed by atoms with Crippen LogP contribution in [0.1, 0.15) is 27.0 Å². The molecule has 0 saturated heterocycles. The van der Waals surface area contributed by atoms with E-state index in [1.165, 1.54) is 18.3 Å². The molecular weight excluding hydrogens is 265 g/mol. The molecule has 0 saturated carbocycles. The standard InChI is InChI=1S/C18H18FNO/c1-12-4-6-15(10-14(12)3)18(21)8-9-20-16-7-5-13(2)17(19)11-16/h4-11,20H,1-3H3/b9-8+. The Bertz CT molecular complexity index is 704. The first-order valence-corrected chi connectivity index (χ1v) is 6.78.